The molecule has 18 heavy (non-hydrogen) atoms. The van der Waals surface area contributed by atoms with Crippen LogP contribution in [0, 0.1) is 0 Å². The molecule has 0 bridgehead atoms. The summed E-state index contributed by atoms with van der Waals surface area (Å²) in [5.41, 5.74) is 7.20. The van der Waals surface area contributed by atoms with E-state index in [-0.39, 0.29) is 0 Å². The van der Waals surface area contributed by atoms with E-state index in [2.05, 4.69) is 0 Å². The second-order valence-corrected chi connectivity index (χ2v) is 6.89. The number of hydrogen-bond donors (Lipinski definition) is 1. The molecule has 0 radical (unpaired) electrons. The van der Waals surface area contributed by atoms with E-state index < -0.39 is 12.9 Å². The van der Waals surface area contributed by atoms with Crippen LogP contribution in [-0.2, 0) is 20.0 Å². The van der Waals surface area contributed by atoms with Gasteiger partial charge in [0.1, 0.15) is 5.28 Å². The standard InChI is InChI=1S/C13H22NO3P/c1-4-16-18(15,17-5-2)13(3,14)11-12-9-7-6-8-10-12/h6-10H,4-5,11,14H2,1-3H3/t13-/m1/s1. The Balaban J connectivity index is 2.91. The van der Waals surface area contributed by atoms with Crippen LogP contribution in [0.3, 0.4) is 0 Å². The molecule has 0 saturated carbocycles. The van der Waals surface area contributed by atoms with Crippen LogP contribution in [0.4, 0.5) is 0 Å². The predicted octanol–water partition coefficient (Wildman–Crippen LogP) is 3.17. The van der Waals surface area contributed by atoms with Gasteiger partial charge in [-0.25, -0.2) is 0 Å². The van der Waals surface area contributed by atoms with Crippen LogP contribution in [0.5, 0.6) is 0 Å². The third kappa shape index (κ3) is 3.66. The first-order valence-corrected chi connectivity index (χ1v) is 7.71. The first-order chi connectivity index (χ1) is 8.45. The summed E-state index contributed by atoms with van der Waals surface area (Å²) in [6.45, 7) is 5.92. The lowest BCUT2D eigenvalue weighted by molar-refractivity contribution is 0.198. The fourth-order valence-corrected chi connectivity index (χ4v) is 3.50. The monoisotopic (exact) mass is 271 g/mol. The first-order valence-electron chi connectivity index (χ1n) is 6.17. The van der Waals surface area contributed by atoms with Crippen LogP contribution >= 0.6 is 7.60 Å². The van der Waals surface area contributed by atoms with Crippen LogP contribution < -0.4 is 5.73 Å². The normalized spacial score (nSPS) is 15.3. The minimum atomic E-state index is -3.31. The number of hydrogen-bond acceptors (Lipinski definition) is 4. The van der Waals surface area contributed by atoms with Gasteiger partial charge in [-0.2, -0.15) is 0 Å². The third-order valence-electron chi connectivity index (χ3n) is 2.63. The highest BCUT2D eigenvalue weighted by Crippen LogP contribution is 2.58. The summed E-state index contributed by atoms with van der Waals surface area (Å²) in [5, 5.41) is -1.03. The highest BCUT2D eigenvalue weighted by Gasteiger charge is 2.43. The van der Waals surface area contributed by atoms with Crippen LogP contribution in [0.2, 0.25) is 0 Å². The fourth-order valence-electron chi connectivity index (χ4n) is 1.78. The average Bonchev–Trinajstić information content (AvgIpc) is 2.30. The molecule has 1 aromatic carbocycles. The van der Waals surface area contributed by atoms with Gasteiger partial charge in [0, 0.05) is 6.42 Å². The van der Waals surface area contributed by atoms with Gasteiger partial charge >= 0.3 is 7.60 Å². The first kappa shape index (κ1) is 15.4. The Labute approximate surface area is 109 Å². The van der Waals surface area contributed by atoms with E-state index in [1.54, 1.807) is 20.8 Å². The Hall–Kier alpha value is -0.670. The van der Waals surface area contributed by atoms with Crippen molar-refractivity contribution < 1.29 is 13.6 Å². The summed E-state index contributed by atoms with van der Waals surface area (Å²) in [6, 6.07) is 9.69. The maximum Gasteiger partial charge on any atom is 0.350 e. The van der Waals surface area contributed by atoms with E-state index in [9.17, 15) is 4.57 Å². The van der Waals surface area contributed by atoms with Crippen molar-refractivity contribution >= 4 is 7.60 Å². The average molecular weight is 271 g/mol. The van der Waals surface area contributed by atoms with Crippen molar-refractivity contribution in [1.29, 1.82) is 0 Å². The van der Waals surface area contributed by atoms with E-state index in [4.69, 9.17) is 14.8 Å². The van der Waals surface area contributed by atoms with Gasteiger partial charge in [0.05, 0.1) is 13.2 Å². The summed E-state index contributed by atoms with van der Waals surface area (Å²) in [7, 11) is -3.31. The van der Waals surface area contributed by atoms with E-state index in [0.717, 1.165) is 5.56 Å². The van der Waals surface area contributed by atoms with Crippen molar-refractivity contribution in [3.8, 4) is 0 Å². The molecule has 1 rings (SSSR count). The summed E-state index contributed by atoms with van der Waals surface area (Å²) < 4.78 is 23.3. The van der Waals surface area contributed by atoms with Crippen molar-refractivity contribution in [3.63, 3.8) is 0 Å². The second kappa shape index (κ2) is 6.48. The van der Waals surface area contributed by atoms with Crippen LogP contribution in [-0.4, -0.2) is 18.5 Å². The smallest absolute Gasteiger partial charge is 0.315 e. The van der Waals surface area contributed by atoms with E-state index in [0.29, 0.717) is 19.6 Å². The lowest BCUT2D eigenvalue weighted by Gasteiger charge is -2.32. The molecule has 0 heterocycles. The van der Waals surface area contributed by atoms with Crippen molar-refractivity contribution in [2.75, 3.05) is 13.2 Å². The van der Waals surface area contributed by atoms with Gasteiger partial charge < -0.3 is 14.8 Å². The summed E-state index contributed by atoms with van der Waals surface area (Å²) >= 11 is 0. The lowest BCUT2D eigenvalue weighted by Crippen LogP contribution is -2.39. The Bertz CT molecular complexity index is 396. The van der Waals surface area contributed by atoms with Crippen LogP contribution in [0.25, 0.3) is 0 Å². The van der Waals surface area contributed by atoms with Gasteiger partial charge in [-0.15, -0.1) is 0 Å². The summed E-state index contributed by atoms with van der Waals surface area (Å²) in [5.74, 6) is 0. The SMILES string of the molecule is CCOP(=O)(OCC)[C@@](C)(N)Cc1ccccc1. The molecule has 1 atom stereocenters. The van der Waals surface area contributed by atoms with Crippen molar-refractivity contribution in [1.82, 2.24) is 0 Å². The quantitative estimate of drug-likeness (QED) is 0.774. The Morgan fingerprint density at radius 2 is 1.67 bits per heavy atom. The highest BCUT2D eigenvalue weighted by atomic mass is 31.2. The zero-order valence-electron chi connectivity index (χ0n) is 11.3. The molecule has 102 valence electrons. The highest BCUT2D eigenvalue weighted by molar-refractivity contribution is 7.55. The van der Waals surface area contributed by atoms with Gasteiger partial charge in [0.25, 0.3) is 0 Å². The molecular formula is C13H22NO3P. The van der Waals surface area contributed by atoms with Gasteiger partial charge in [0.15, 0.2) is 0 Å². The van der Waals surface area contributed by atoms with Gasteiger partial charge in [-0.05, 0) is 26.3 Å². The molecule has 0 spiro atoms. The maximum absolute atomic E-state index is 12.7. The molecule has 0 aliphatic carbocycles. The third-order valence-corrected chi connectivity index (χ3v) is 5.23. The molecule has 0 unspecified atom stereocenters. The van der Waals surface area contributed by atoms with E-state index >= 15 is 0 Å². The zero-order chi connectivity index (χ0) is 13.6. The van der Waals surface area contributed by atoms with Gasteiger partial charge in [0.2, 0.25) is 0 Å². The predicted molar refractivity (Wildman–Crippen MR) is 73.6 cm³/mol. The van der Waals surface area contributed by atoms with Crippen molar-refractivity contribution in [2.45, 2.75) is 32.5 Å². The summed E-state index contributed by atoms with van der Waals surface area (Å²) in [4.78, 5) is 0. The molecule has 4 nitrogen and oxygen atoms in total. The molecule has 0 aromatic heterocycles. The van der Waals surface area contributed by atoms with Crippen molar-refractivity contribution in [2.24, 2.45) is 5.73 Å². The molecule has 5 heteroatoms. The van der Waals surface area contributed by atoms with Crippen LogP contribution in [0.15, 0.2) is 30.3 Å². The molecule has 0 aliphatic rings. The molecule has 0 aliphatic heterocycles. The minimum Gasteiger partial charge on any atom is -0.315 e. The zero-order valence-corrected chi connectivity index (χ0v) is 12.2. The molecular weight excluding hydrogens is 249 g/mol. The second-order valence-electron chi connectivity index (χ2n) is 4.35. The Morgan fingerprint density at radius 1 is 1.17 bits per heavy atom. The molecule has 1 aromatic rings. The number of rotatable bonds is 7. The molecule has 0 amide bonds. The Morgan fingerprint density at radius 3 is 2.11 bits per heavy atom. The topological polar surface area (TPSA) is 61.5 Å². The molecule has 0 saturated heterocycles. The maximum atomic E-state index is 12.7. The van der Waals surface area contributed by atoms with Gasteiger partial charge in [-0.1, -0.05) is 30.3 Å². The lowest BCUT2D eigenvalue weighted by atomic mass is 10.1. The largest absolute Gasteiger partial charge is 0.350 e. The number of benzene rings is 1. The molecule has 2 N–H and O–H groups in total. The minimum absolute atomic E-state index is 0.318. The fraction of sp³-hybridized carbons (Fsp3) is 0.538. The van der Waals surface area contributed by atoms with Crippen molar-refractivity contribution in [3.05, 3.63) is 35.9 Å². The number of nitrogens with two attached hydrogens (primary N) is 1. The summed E-state index contributed by atoms with van der Waals surface area (Å²) in [6.07, 6.45) is 0.450. The molecule has 0 fully saturated rings. The van der Waals surface area contributed by atoms with E-state index in [1.807, 2.05) is 30.3 Å². The van der Waals surface area contributed by atoms with Gasteiger partial charge in [-0.3, -0.25) is 4.57 Å². The Kier molecular flexibility index (Phi) is 5.54. The van der Waals surface area contributed by atoms with Crippen LogP contribution in [0.1, 0.15) is 26.3 Å². The van der Waals surface area contributed by atoms with E-state index in [1.165, 1.54) is 0 Å².